The lowest BCUT2D eigenvalue weighted by Gasteiger charge is -2.15. The van der Waals surface area contributed by atoms with Crippen LogP contribution in [0.1, 0.15) is 43.5 Å². The lowest BCUT2D eigenvalue weighted by atomic mass is 9.97. The van der Waals surface area contributed by atoms with Crippen LogP contribution in [0.25, 0.3) is 0 Å². The fraction of sp³-hybridized carbons (Fsp3) is 0.429. The first-order valence-electron chi connectivity index (χ1n) is 9.33. The second kappa shape index (κ2) is 8.70. The van der Waals surface area contributed by atoms with E-state index in [9.17, 15) is 0 Å². The third kappa shape index (κ3) is 4.97. The molecule has 1 heterocycles. The van der Waals surface area contributed by atoms with Gasteiger partial charge in [-0.25, -0.2) is 9.97 Å². The van der Waals surface area contributed by atoms with E-state index in [4.69, 9.17) is 4.74 Å². The number of methoxy groups -OCH3 is 1. The maximum atomic E-state index is 5.44. The Balaban J connectivity index is 1.67. The van der Waals surface area contributed by atoms with Crippen LogP contribution in [0.5, 0.6) is 5.75 Å². The Hall–Kier alpha value is -2.56. The van der Waals surface area contributed by atoms with Gasteiger partial charge in [0.1, 0.15) is 23.2 Å². The van der Waals surface area contributed by atoms with E-state index in [1.165, 1.54) is 25.7 Å². The maximum Gasteiger partial charge on any atom is 0.142 e. The summed E-state index contributed by atoms with van der Waals surface area (Å²) in [7, 11) is 1.67. The van der Waals surface area contributed by atoms with E-state index < -0.39 is 0 Å². The van der Waals surface area contributed by atoms with Crippen molar-refractivity contribution in [3.63, 3.8) is 0 Å². The minimum atomic E-state index is 0.737. The molecule has 5 nitrogen and oxygen atoms in total. The second-order valence-corrected chi connectivity index (χ2v) is 6.80. The molecule has 2 N–H and O–H groups in total. The van der Waals surface area contributed by atoms with E-state index >= 15 is 0 Å². The Morgan fingerprint density at radius 3 is 2.69 bits per heavy atom. The minimum absolute atomic E-state index is 0.737. The molecule has 0 unspecified atom stereocenters. The van der Waals surface area contributed by atoms with Crippen molar-refractivity contribution in [2.24, 2.45) is 0 Å². The molecule has 0 bridgehead atoms. The molecule has 26 heavy (non-hydrogen) atoms. The Kier molecular flexibility index (Phi) is 6.10. The zero-order valence-electron chi connectivity index (χ0n) is 15.9. The van der Waals surface area contributed by atoms with Crippen LogP contribution in [0.15, 0.2) is 35.9 Å². The van der Waals surface area contributed by atoms with Crippen molar-refractivity contribution in [3.8, 4) is 5.75 Å². The van der Waals surface area contributed by atoms with Gasteiger partial charge in [-0.1, -0.05) is 17.7 Å². The number of allylic oxidation sites excluding steroid dienone is 1. The summed E-state index contributed by atoms with van der Waals surface area (Å²) < 4.78 is 5.44. The third-order valence-corrected chi connectivity index (χ3v) is 4.59. The van der Waals surface area contributed by atoms with Gasteiger partial charge in [0.15, 0.2) is 0 Å². The molecule has 0 radical (unpaired) electrons. The molecular formula is C21H28N4O. The summed E-state index contributed by atoms with van der Waals surface area (Å²) >= 11 is 0. The van der Waals surface area contributed by atoms with Crippen LogP contribution in [0.2, 0.25) is 0 Å². The molecular weight excluding hydrogens is 324 g/mol. The predicted octanol–water partition coefficient (Wildman–Crippen LogP) is 5.15. The highest BCUT2D eigenvalue weighted by atomic mass is 16.5. The average molecular weight is 352 g/mol. The number of nitrogens with zero attached hydrogens (tertiary/aromatic N) is 2. The van der Waals surface area contributed by atoms with Crippen molar-refractivity contribution in [2.75, 3.05) is 24.3 Å². The van der Waals surface area contributed by atoms with Gasteiger partial charge in [-0.05, 0) is 63.6 Å². The zero-order valence-corrected chi connectivity index (χ0v) is 15.9. The topological polar surface area (TPSA) is 59.1 Å². The summed E-state index contributed by atoms with van der Waals surface area (Å²) in [5.74, 6) is 3.15. The molecule has 1 aliphatic carbocycles. The molecule has 0 spiro atoms. The highest BCUT2D eigenvalue weighted by Crippen LogP contribution is 2.28. The van der Waals surface area contributed by atoms with Gasteiger partial charge in [-0.3, -0.25) is 0 Å². The SMILES string of the molecule is COc1ccc(C)cc1Nc1cc(NCCC2=CCCCC2)nc(C)n1. The first kappa shape index (κ1) is 18.2. The highest BCUT2D eigenvalue weighted by Gasteiger charge is 2.08. The largest absolute Gasteiger partial charge is 0.495 e. The Morgan fingerprint density at radius 2 is 1.92 bits per heavy atom. The van der Waals surface area contributed by atoms with E-state index in [2.05, 4.69) is 39.7 Å². The molecule has 2 aromatic rings. The summed E-state index contributed by atoms with van der Waals surface area (Å²) in [6.07, 6.45) is 8.61. The first-order valence-corrected chi connectivity index (χ1v) is 9.33. The van der Waals surface area contributed by atoms with Crippen LogP contribution in [-0.4, -0.2) is 23.6 Å². The standard InChI is InChI=1S/C21H28N4O/c1-15-9-10-19(26-3)18(13-15)25-21-14-20(23-16(2)24-21)22-12-11-17-7-5-4-6-8-17/h7,9-10,13-14H,4-6,8,11-12H2,1-3H3,(H2,22,23,24,25). The van der Waals surface area contributed by atoms with Gasteiger partial charge < -0.3 is 15.4 Å². The number of anilines is 3. The van der Waals surface area contributed by atoms with Crippen LogP contribution in [0.4, 0.5) is 17.3 Å². The lowest BCUT2D eigenvalue weighted by molar-refractivity contribution is 0.416. The first-order chi connectivity index (χ1) is 12.6. The van der Waals surface area contributed by atoms with Gasteiger partial charge in [0.2, 0.25) is 0 Å². The van der Waals surface area contributed by atoms with E-state index in [1.807, 2.05) is 25.1 Å². The van der Waals surface area contributed by atoms with Crippen LogP contribution in [-0.2, 0) is 0 Å². The maximum absolute atomic E-state index is 5.44. The smallest absolute Gasteiger partial charge is 0.142 e. The van der Waals surface area contributed by atoms with Crippen molar-refractivity contribution >= 4 is 17.3 Å². The molecule has 1 aliphatic rings. The molecule has 0 fully saturated rings. The number of nitrogens with one attached hydrogen (secondary N) is 2. The third-order valence-electron chi connectivity index (χ3n) is 4.59. The fourth-order valence-corrected chi connectivity index (χ4v) is 3.26. The van der Waals surface area contributed by atoms with E-state index in [0.29, 0.717) is 0 Å². The summed E-state index contributed by atoms with van der Waals surface area (Å²) in [5, 5.41) is 6.79. The average Bonchev–Trinajstić information content (AvgIpc) is 2.62. The number of ether oxygens (including phenoxy) is 1. The van der Waals surface area contributed by atoms with Crippen molar-refractivity contribution in [2.45, 2.75) is 46.0 Å². The molecule has 0 saturated heterocycles. The normalized spacial score (nSPS) is 13.9. The van der Waals surface area contributed by atoms with Gasteiger partial charge in [-0.2, -0.15) is 0 Å². The summed E-state index contributed by atoms with van der Waals surface area (Å²) in [6, 6.07) is 7.99. The number of hydrogen-bond acceptors (Lipinski definition) is 5. The van der Waals surface area contributed by atoms with Gasteiger partial charge in [0.05, 0.1) is 12.8 Å². The fourth-order valence-electron chi connectivity index (χ4n) is 3.26. The monoisotopic (exact) mass is 352 g/mol. The molecule has 5 heteroatoms. The number of aromatic nitrogens is 2. The summed E-state index contributed by atoms with van der Waals surface area (Å²) in [4.78, 5) is 9.01. The number of benzene rings is 1. The van der Waals surface area contributed by atoms with Crippen molar-refractivity contribution in [3.05, 3.63) is 47.3 Å². The number of hydrogen-bond donors (Lipinski definition) is 2. The molecule has 138 valence electrons. The summed E-state index contributed by atoms with van der Waals surface area (Å²) in [5.41, 5.74) is 3.64. The van der Waals surface area contributed by atoms with Gasteiger partial charge in [-0.15, -0.1) is 0 Å². The lowest BCUT2D eigenvalue weighted by Crippen LogP contribution is -2.08. The molecule has 1 aromatic heterocycles. The summed E-state index contributed by atoms with van der Waals surface area (Å²) in [6.45, 7) is 4.87. The van der Waals surface area contributed by atoms with Gasteiger partial charge in [0, 0.05) is 12.6 Å². The van der Waals surface area contributed by atoms with Gasteiger partial charge >= 0.3 is 0 Å². The Morgan fingerprint density at radius 1 is 1.08 bits per heavy atom. The molecule has 3 rings (SSSR count). The predicted molar refractivity (Wildman–Crippen MR) is 107 cm³/mol. The molecule has 0 atom stereocenters. The molecule has 0 aliphatic heterocycles. The number of aryl methyl sites for hydroxylation is 2. The molecule has 1 aromatic carbocycles. The second-order valence-electron chi connectivity index (χ2n) is 6.80. The Labute approximate surface area is 155 Å². The van der Waals surface area contributed by atoms with Crippen molar-refractivity contribution < 1.29 is 4.74 Å². The van der Waals surface area contributed by atoms with E-state index in [1.54, 1.807) is 12.7 Å². The molecule has 0 amide bonds. The molecule has 0 saturated carbocycles. The van der Waals surface area contributed by atoms with E-state index in [-0.39, 0.29) is 0 Å². The van der Waals surface area contributed by atoms with Crippen LogP contribution >= 0.6 is 0 Å². The zero-order chi connectivity index (χ0) is 18.4. The van der Waals surface area contributed by atoms with Gasteiger partial charge in [0.25, 0.3) is 0 Å². The van der Waals surface area contributed by atoms with Crippen LogP contribution in [0, 0.1) is 13.8 Å². The van der Waals surface area contributed by atoms with Crippen LogP contribution in [0.3, 0.4) is 0 Å². The Bertz CT molecular complexity index is 786. The van der Waals surface area contributed by atoms with Crippen molar-refractivity contribution in [1.29, 1.82) is 0 Å². The van der Waals surface area contributed by atoms with Crippen LogP contribution < -0.4 is 15.4 Å². The highest BCUT2D eigenvalue weighted by molar-refractivity contribution is 5.66. The number of rotatable bonds is 7. The van der Waals surface area contributed by atoms with E-state index in [0.717, 1.165) is 47.4 Å². The quantitative estimate of drug-likeness (QED) is 0.675. The van der Waals surface area contributed by atoms with Crippen molar-refractivity contribution in [1.82, 2.24) is 9.97 Å². The minimum Gasteiger partial charge on any atom is -0.495 e.